The third-order valence-corrected chi connectivity index (χ3v) is 4.25. The third kappa shape index (κ3) is 1.33. The van der Waals surface area contributed by atoms with Crippen LogP contribution in [0.15, 0.2) is 18.2 Å². The maximum Gasteiger partial charge on any atom is 0.235 e. The molecular weight excluding hydrogens is 200 g/mol. The van der Waals surface area contributed by atoms with Crippen LogP contribution in [-0.2, 0) is 16.4 Å². The molecule has 1 aromatic rings. The number of hydrogen-bond acceptors (Lipinski definition) is 3. The van der Waals surface area contributed by atoms with Crippen molar-refractivity contribution in [3.8, 4) is 0 Å². The number of nitrogen functional groups attached to an aromatic ring is 1. The van der Waals surface area contributed by atoms with Crippen molar-refractivity contribution in [3.63, 3.8) is 0 Å². The van der Waals surface area contributed by atoms with Gasteiger partial charge in [0.05, 0.1) is 11.4 Å². The molecule has 0 saturated heterocycles. The number of benzene rings is 1. The Labute approximate surface area is 83.4 Å². The Morgan fingerprint density at radius 2 is 2.14 bits per heavy atom. The lowest BCUT2D eigenvalue weighted by molar-refractivity contribution is 0.591. The summed E-state index contributed by atoms with van der Waals surface area (Å²) in [5.41, 5.74) is 7.94. The molecule has 0 spiro atoms. The zero-order valence-electron chi connectivity index (χ0n) is 7.90. The maximum absolute atomic E-state index is 11.5. The molecule has 0 bridgehead atoms. The average Bonchev–Trinajstić information content (AvgIpc) is 2.13. The van der Waals surface area contributed by atoms with Gasteiger partial charge in [0.1, 0.15) is 0 Å². The van der Waals surface area contributed by atoms with Crippen LogP contribution in [0.3, 0.4) is 0 Å². The molecule has 0 radical (unpaired) electrons. The summed E-state index contributed by atoms with van der Waals surface area (Å²) in [7, 11) is -1.55. The summed E-state index contributed by atoms with van der Waals surface area (Å²) in [6, 6.07) is 5.38. The van der Waals surface area contributed by atoms with E-state index in [9.17, 15) is 8.42 Å². The summed E-state index contributed by atoms with van der Waals surface area (Å²) >= 11 is 0. The maximum atomic E-state index is 11.5. The Morgan fingerprint density at radius 3 is 2.86 bits per heavy atom. The van der Waals surface area contributed by atoms with Crippen LogP contribution in [0.5, 0.6) is 0 Å². The van der Waals surface area contributed by atoms with E-state index in [1.807, 2.05) is 6.07 Å². The van der Waals surface area contributed by atoms with Crippen LogP contribution in [0.2, 0.25) is 0 Å². The second-order valence-corrected chi connectivity index (χ2v) is 5.54. The molecule has 0 unspecified atom stereocenters. The van der Waals surface area contributed by atoms with Gasteiger partial charge in [0.15, 0.2) is 0 Å². The summed E-state index contributed by atoms with van der Waals surface area (Å²) in [6.45, 7) is 0. The van der Waals surface area contributed by atoms with E-state index < -0.39 is 10.0 Å². The predicted molar refractivity (Wildman–Crippen MR) is 56.7 cm³/mol. The summed E-state index contributed by atoms with van der Waals surface area (Å²) in [5.74, 6) is 0.181. The molecule has 1 aliphatic rings. The number of fused-ring (bicyclic) bond motifs is 1. The van der Waals surface area contributed by atoms with E-state index in [2.05, 4.69) is 0 Å². The fraction of sp³-hybridized carbons (Fsp3) is 0.333. The molecule has 0 saturated carbocycles. The highest BCUT2D eigenvalue weighted by atomic mass is 32.2. The van der Waals surface area contributed by atoms with E-state index >= 15 is 0 Å². The highest BCUT2D eigenvalue weighted by Gasteiger charge is 2.26. The van der Waals surface area contributed by atoms with Crippen molar-refractivity contribution < 1.29 is 8.42 Å². The van der Waals surface area contributed by atoms with E-state index in [-0.39, 0.29) is 5.75 Å². The van der Waals surface area contributed by atoms with Gasteiger partial charge in [-0.05, 0) is 24.1 Å². The molecule has 1 aromatic carbocycles. The number of aryl methyl sites for hydroxylation is 1. The second-order valence-electron chi connectivity index (χ2n) is 3.42. The van der Waals surface area contributed by atoms with Crippen LogP contribution in [0, 0.1) is 0 Å². The monoisotopic (exact) mass is 212 g/mol. The first-order valence-electron chi connectivity index (χ1n) is 4.36. The normalized spacial score (nSPS) is 19.1. The fourth-order valence-corrected chi connectivity index (χ4v) is 2.83. The zero-order chi connectivity index (χ0) is 10.3. The van der Waals surface area contributed by atoms with Crippen LogP contribution in [0.1, 0.15) is 5.56 Å². The lowest BCUT2D eigenvalue weighted by Gasteiger charge is -2.27. The summed E-state index contributed by atoms with van der Waals surface area (Å²) in [5, 5.41) is 0. The van der Waals surface area contributed by atoms with Gasteiger partial charge in [-0.3, -0.25) is 4.31 Å². The number of nitrogens with two attached hydrogens (primary N) is 1. The average molecular weight is 212 g/mol. The molecule has 0 fully saturated rings. The van der Waals surface area contributed by atoms with Crippen molar-refractivity contribution in [1.82, 2.24) is 0 Å². The van der Waals surface area contributed by atoms with Gasteiger partial charge >= 0.3 is 0 Å². The van der Waals surface area contributed by atoms with Crippen LogP contribution in [0.4, 0.5) is 11.4 Å². The minimum atomic E-state index is -3.11. The number of sulfonamides is 1. The van der Waals surface area contributed by atoms with Crippen molar-refractivity contribution in [3.05, 3.63) is 23.8 Å². The Kier molecular flexibility index (Phi) is 1.92. The molecule has 14 heavy (non-hydrogen) atoms. The van der Waals surface area contributed by atoms with Crippen molar-refractivity contribution in [2.75, 3.05) is 22.8 Å². The zero-order valence-corrected chi connectivity index (χ0v) is 8.71. The van der Waals surface area contributed by atoms with E-state index in [1.165, 1.54) is 4.31 Å². The molecule has 4 nitrogen and oxygen atoms in total. The van der Waals surface area contributed by atoms with Gasteiger partial charge in [-0.2, -0.15) is 0 Å². The summed E-state index contributed by atoms with van der Waals surface area (Å²) in [4.78, 5) is 0. The van der Waals surface area contributed by atoms with Gasteiger partial charge in [-0.1, -0.05) is 6.07 Å². The van der Waals surface area contributed by atoms with Crippen molar-refractivity contribution >= 4 is 21.4 Å². The molecule has 76 valence electrons. The fourth-order valence-electron chi connectivity index (χ4n) is 1.61. The van der Waals surface area contributed by atoms with E-state index in [0.717, 1.165) is 5.56 Å². The van der Waals surface area contributed by atoms with Crippen LogP contribution >= 0.6 is 0 Å². The second kappa shape index (κ2) is 2.88. The van der Waals surface area contributed by atoms with E-state index in [1.54, 1.807) is 19.2 Å². The lowest BCUT2D eigenvalue weighted by atomic mass is 10.1. The molecule has 5 heteroatoms. The molecule has 0 amide bonds. The largest absolute Gasteiger partial charge is 0.399 e. The Bertz CT molecular complexity index is 468. The Morgan fingerprint density at radius 1 is 1.43 bits per heavy atom. The topological polar surface area (TPSA) is 63.4 Å². The van der Waals surface area contributed by atoms with Gasteiger partial charge in [-0.25, -0.2) is 8.42 Å². The van der Waals surface area contributed by atoms with Gasteiger partial charge < -0.3 is 5.73 Å². The molecule has 1 heterocycles. The quantitative estimate of drug-likeness (QED) is 0.640. The molecule has 1 aliphatic heterocycles. The predicted octanol–water partition coefficient (Wildman–Crippen LogP) is 0.591. The van der Waals surface area contributed by atoms with Crippen molar-refractivity contribution in [2.45, 2.75) is 6.42 Å². The standard InChI is InChI=1S/C9H12N2O2S/c1-11-9-6-8(10)3-2-7(9)4-5-14(11,12)13/h2-3,6H,4-5,10H2,1H3. The Hall–Kier alpha value is -1.23. The highest BCUT2D eigenvalue weighted by Crippen LogP contribution is 2.29. The molecule has 0 aliphatic carbocycles. The van der Waals surface area contributed by atoms with Gasteiger partial charge in [0.25, 0.3) is 0 Å². The number of nitrogens with zero attached hydrogens (tertiary/aromatic N) is 1. The minimum Gasteiger partial charge on any atom is -0.399 e. The Balaban J connectivity index is 2.59. The number of rotatable bonds is 0. The van der Waals surface area contributed by atoms with Crippen LogP contribution < -0.4 is 10.0 Å². The summed E-state index contributed by atoms with van der Waals surface area (Å²) < 4.78 is 24.4. The van der Waals surface area contributed by atoms with Gasteiger partial charge in [-0.15, -0.1) is 0 Å². The summed E-state index contributed by atoms with van der Waals surface area (Å²) in [6.07, 6.45) is 0.572. The van der Waals surface area contributed by atoms with Crippen LogP contribution in [0.25, 0.3) is 0 Å². The highest BCUT2D eigenvalue weighted by molar-refractivity contribution is 7.92. The molecule has 0 atom stereocenters. The van der Waals surface area contributed by atoms with Crippen LogP contribution in [-0.4, -0.2) is 21.2 Å². The van der Waals surface area contributed by atoms with E-state index in [4.69, 9.17) is 5.73 Å². The first kappa shape index (κ1) is 9.33. The third-order valence-electron chi connectivity index (χ3n) is 2.50. The molecule has 0 aromatic heterocycles. The lowest BCUT2D eigenvalue weighted by Crippen LogP contribution is -2.34. The molecular formula is C9H12N2O2S. The smallest absolute Gasteiger partial charge is 0.235 e. The molecule has 2 N–H and O–H groups in total. The first-order valence-corrected chi connectivity index (χ1v) is 5.96. The molecule has 2 rings (SSSR count). The van der Waals surface area contributed by atoms with Gasteiger partial charge in [0.2, 0.25) is 10.0 Å². The van der Waals surface area contributed by atoms with E-state index in [0.29, 0.717) is 17.8 Å². The first-order chi connectivity index (χ1) is 6.50. The minimum absolute atomic E-state index is 0.181. The number of anilines is 2. The van der Waals surface area contributed by atoms with Crippen molar-refractivity contribution in [2.24, 2.45) is 0 Å². The number of hydrogen-bond donors (Lipinski definition) is 1. The SMILES string of the molecule is CN1c2cc(N)ccc2CCS1(=O)=O. The van der Waals surface area contributed by atoms with Gasteiger partial charge in [0, 0.05) is 12.7 Å². The van der Waals surface area contributed by atoms with Crippen molar-refractivity contribution in [1.29, 1.82) is 0 Å².